The van der Waals surface area contributed by atoms with Gasteiger partial charge in [0.2, 0.25) is 0 Å². The van der Waals surface area contributed by atoms with Crippen molar-refractivity contribution in [2.45, 2.75) is 32.1 Å². The number of nitrogens with zero attached hydrogens (tertiary/aromatic N) is 2. The Labute approximate surface area is 135 Å². The molecule has 0 aromatic heterocycles. The lowest BCUT2D eigenvalue weighted by Crippen LogP contribution is -2.35. The van der Waals surface area contributed by atoms with Gasteiger partial charge in [-0.25, -0.2) is 0 Å². The van der Waals surface area contributed by atoms with E-state index in [1.54, 1.807) is 0 Å². The van der Waals surface area contributed by atoms with Crippen molar-refractivity contribution in [3.8, 4) is 12.1 Å². The molecule has 1 aromatic rings. The van der Waals surface area contributed by atoms with Crippen LogP contribution in [0.15, 0.2) is 35.9 Å². The molecule has 1 aliphatic carbocycles. The molecule has 112 valence electrons. The molecule has 0 saturated heterocycles. The maximum absolute atomic E-state index is 11.0. The smallest absolute Gasteiger partial charge is 0.167 e. The number of hydrogen-bond acceptors (Lipinski definition) is 3. The predicted octanol–water partition coefficient (Wildman–Crippen LogP) is 4.40. The van der Waals surface area contributed by atoms with Gasteiger partial charge in [0, 0.05) is 23.3 Å². The van der Waals surface area contributed by atoms with Crippen molar-refractivity contribution < 1.29 is 4.79 Å². The van der Waals surface area contributed by atoms with E-state index in [-0.39, 0.29) is 18.3 Å². The number of carbonyl (C=O) groups excluding carboxylic acids is 1. The zero-order valence-electron chi connectivity index (χ0n) is 12.4. The highest BCUT2D eigenvalue weighted by atomic mass is 35.5. The van der Waals surface area contributed by atoms with Gasteiger partial charge < -0.3 is 4.79 Å². The third kappa shape index (κ3) is 2.78. The summed E-state index contributed by atoms with van der Waals surface area (Å²) in [6.07, 6.45) is 4.30. The van der Waals surface area contributed by atoms with Crippen LogP contribution in [0.2, 0.25) is 5.02 Å². The Morgan fingerprint density at radius 1 is 1.32 bits per heavy atom. The van der Waals surface area contributed by atoms with Gasteiger partial charge >= 0.3 is 0 Å². The van der Waals surface area contributed by atoms with Gasteiger partial charge in [-0.05, 0) is 36.1 Å². The summed E-state index contributed by atoms with van der Waals surface area (Å²) in [7, 11) is 0. The van der Waals surface area contributed by atoms with Crippen molar-refractivity contribution in [1.29, 1.82) is 10.5 Å². The highest BCUT2D eigenvalue weighted by Crippen LogP contribution is 2.48. The maximum Gasteiger partial charge on any atom is 0.167 e. The van der Waals surface area contributed by atoms with Crippen LogP contribution in [-0.4, -0.2) is 6.29 Å². The Hall–Kier alpha value is -2.10. The van der Waals surface area contributed by atoms with E-state index in [9.17, 15) is 15.3 Å². The number of nitriles is 2. The largest absolute Gasteiger partial charge is 0.303 e. The standard InChI is InChI=1S/C18H17ClN2O/c1-2-15-9-14(13-3-5-17(19)6-4-13)10-16(7-8-22)18(15,11-20)12-21/h3-6,8-9,14,16H,2,7,10H2,1H3/t14-,16-/m1/s1. The van der Waals surface area contributed by atoms with Gasteiger partial charge in [0.15, 0.2) is 5.41 Å². The van der Waals surface area contributed by atoms with E-state index in [1.165, 1.54) is 0 Å². The second-order valence-electron chi connectivity index (χ2n) is 5.57. The first-order valence-electron chi connectivity index (χ1n) is 7.34. The quantitative estimate of drug-likeness (QED) is 0.611. The zero-order valence-corrected chi connectivity index (χ0v) is 13.2. The number of rotatable bonds is 4. The third-order valence-electron chi connectivity index (χ3n) is 4.47. The molecule has 0 radical (unpaired) electrons. The molecule has 0 heterocycles. The second kappa shape index (κ2) is 6.77. The minimum atomic E-state index is -1.18. The summed E-state index contributed by atoms with van der Waals surface area (Å²) < 4.78 is 0. The predicted molar refractivity (Wildman–Crippen MR) is 85.0 cm³/mol. The lowest BCUT2D eigenvalue weighted by Gasteiger charge is -2.37. The summed E-state index contributed by atoms with van der Waals surface area (Å²) in [5.74, 6) is -0.174. The van der Waals surface area contributed by atoms with E-state index >= 15 is 0 Å². The van der Waals surface area contributed by atoms with E-state index < -0.39 is 5.41 Å². The average molecular weight is 313 g/mol. The fraction of sp³-hybridized carbons (Fsp3) is 0.389. The van der Waals surface area contributed by atoms with Crippen molar-refractivity contribution in [3.63, 3.8) is 0 Å². The number of allylic oxidation sites excluding steroid dienone is 2. The van der Waals surface area contributed by atoms with Gasteiger partial charge in [-0.1, -0.05) is 36.7 Å². The molecule has 2 rings (SSSR count). The summed E-state index contributed by atoms with van der Waals surface area (Å²) in [5.41, 5.74) is 0.727. The summed E-state index contributed by atoms with van der Waals surface area (Å²) in [4.78, 5) is 11.0. The molecule has 0 N–H and O–H groups in total. The van der Waals surface area contributed by atoms with Crippen molar-refractivity contribution in [1.82, 2.24) is 0 Å². The molecule has 4 heteroatoms. The highest BCUT2D eigenvalue weighted by Gasteiger charge is 2.46. The molecule has 0 unspecified atom stereocenters. The fourth-order valence-corrected chi connectivity index (χ4v) is 3.39. The summed E-state index contributed by atoms with van der Waals surface area (Å²) in [5, 5.41) is 19.8. The minimum absolute atomic E-state index is 0.104. The number of halogens is 1. The highest BCUT2D eigenvalue weighted by molar-refractivity contribution is 6.30. The molecule has 2 atom stereocenters. The molecule has 0 amide bonds. The molecule has 0 spiro atoms. The molecular formula is C18H17ClN2O. The second-order valence-corrected chi connectivity index (χ2v) is 6.01. The van der Waals surface area contributed by atoms with E-state index in [0.717, 1.165) is 17.4 Å². The van der Waals surface area contributed by atoms with Crippen LogP contribution in [0.4, 0.5) is 0 Å². The first-order valence-corrected chi connectivity index (χ1v) is 7.71. The summed E-state index contributed by atoms with van der Waals surface area (Å²) in [6.45, 7) is 1.94. The number of benzene rings is 1. The monoisotopic (exact) mass is 312 g/mol. The Morgan fingerprint density at radius 3 is 2.45 bits per heavy atom. The van der Waals surface area contributed by atoms with Gasteiger partial charge in [-0.3, -0.25) is 0 Å². The van der Waals surface area contributed by atoms with Crippen molar-refractivity contribution in [2.75, 3.05) is 0 Å². The minimum Gasteiger partial charge on any atom is -0.303 e. The third-order valence-corrected chi connectivity index (χ3v) is 4.72. The number of hydrogen-bond donors (Lipinski definition) is 0. The summed E-state index contributed by atoms with van der Waals surface area (Å²) >= 11 is 5.93. The van der Waals surface area contributed by atoms with E-state index in [0.29, 0.717) is 17.9 Å². The topological polar surface area (TPSA) is 64.7 Å². The van der Waals surface area contributed by atoms with Crippen LogP contribution in [0.5, 0.6) is 0 Å². The van der Waals surface area contributed by atoms with Gasteiger partial charge in [0.25, 0.3) is 0 Å². The van der Waals surface area contributed by atoms with E-state index in [2.05, 4.69) is 12.1 Å². The maximum atomic E-state index is 11.0. The van der Waals surface area contributed by atoms with E-state index in [4.69, 9.17) is 11.6 Å². The fourth-order valence-electron chi connectivity index (χ4n) is 3.27. The molecule has 0 saturated carbocycles. The van der Waals surface area contributed by atoms with Crippen LogP contribution < -0.4 is 0 Å². The van der Waals surface area contributed by atoms with E-state index in [1.807, 2.05) is 37.3 Å². The van der Waals surface area contributed by atoms with Crippen LogP contribution in [0.1, 0.15) is 37.7 Å². The van der Waals surface area contributed by atoms with Crippen LogP contribution in [0.3, 0.4) is 0 Å². The number of aldehydes is 1. The molecule has 3 nitrogen and oxygen atoms in total. The summed E-state index contributed by atoms with van der Waals surface area (Å²) in [6, 6.07) is 11.9. The molecule has 0 bridgehead atoms. The lowest BCUT2D eigenvalue weighted by atomic mass is 9.62. The average Bonchev–Trinajstić information content (AvgIpc) is 2.55. The Balaban J connectivity index is 2.49. The van der Waals surface area contributed by atoms with Crippen molar-refractivity contribution in [2.24, 2.45) is 11.3 Å². The van der Waals surface area contributed by atoms with Crippen LogP contribution in [0.25, 0.3) is 0 Å². The zero-order chi connectivity index (χ0) is 16.2. The Morgan fingerprint density at radius 2 is 1.95 bits per heavy atom. The van der Waals surface area contributed by atoms with Gasteiger partial charge in [-0.2, -0.15) is 10.5 Å². The van der Waals surface area contributed by atoms with Gasteiger partial charge in [-0.15, -0.1) is 0 Å². The Bertz CT molecular complexity index is 650. The lowest BCUT2D eigenvalue weighted by molar-refractivity contribution is -0.109. The first-order chi connectivity index (χ1) is 10.6. The van der Waals surface area contributed by atoms with Crippen molar-refractivity contribution >= 4 is 17.9 Å². The SMILES string of the molecule is CCC1=C[C@@H](c2ccc(Cl)cc2)C[C@@H](CC=O)C1(C#N)C#N. The van der Waals surface area contributed by atoms with Gasteiger partial charge in [0.05, 0.1) is 12.1 Å². The van der Waals surface area contributed by atoms with Crippen LogP contribution >= 0.6 is 11.6 Å². The normalized spacial score (nSPS) is 23.0. The molecular weight excluding hydrogens is 296 g/mol. The Kier molecular flexibility index (Phi) is 5.01. The molecule has 1 aliphatic rings. The molecule has 0 aliphatic heterocycles. The first kappa shape index (κ1) is 16.3. The van der Waals surface area contributed by atoms with Gasteiger partial charge in [0.1, 0.15) is 6.29 Å². The molecule has 22 heavy (non-hydrogen) atoms. The van der Waals surface area contributed by atoms with Crippen LogP contribution in [-0.2, 0) is 4.79 Å². The molecule has 0 fully saturated rings. The molecule has 1 aromatic carbocycles. The van der Waals surface area contributed by atoms with Crippen LogP contribution in [0, 0.1) is 34.0 Å². The van der Waals surface area contributed by atoms with Crippen molar-refractivity contribution in [3.05, 3.63) is 46.5 Å². The number of carbonyl (C=O) groups is 1.